The molecule has 1 aromatic rings. The summed E-state index contributed by atoms with van der Waals surface area (Å²) in [5.74, 6) is 0. The number of nitrogens with zero attached hydrogens (tertiary/aromatic N) is 1. The maximum atomic E-state index is 3.63. The minimum Gasteiger partial charge on any atom is -0.310 e. The average Bonchev–Trinajstić information content (AvgIpc) is 2.89. The van der Waals surface area contributed by atoms with Crippen molar-refractivity contribution >= 4 is 27.3 Å². The van der Waals surface area contributed by atoms with Gasteiger partial charge in [-0.25, -0.2) is 0 Å². The van der Waals surface area contributed by atoms with E-state index in [1.54, 1.807) is 0 Å². The van der Waals surface area contributed by atoms with Gasteiger partial charge in [0.1, 0.15) is 0 Å². The summed E-state index contributed by atoms with van der Waals surface area (Å²) < 4.78 is 1.20. The van der Waals surface area contributed by atoms with Crippen LogP contribution in [0.4, 0.5) is 0 Å². The van der Waals surface area contributed by atoms with Crippen LogP contribution in [0.1, 0.15) is 30.6 Å². The lowest BCUT2D eigenvalue weighted by Gasteiger charge is -2.36. The second-order valence-corrected chi connectivity index (χ2v) is 7.07. The van der Waals surface area contributed by atoms with Crippen LogP contribution in [0.3, 0.4) is 0 Å². The number of hydrogen-bond acceptors (Lipinski definition) is 3. The molecular formula is C13H21BrN2S. The van der Waals surface area contributed by atoms with E-state index in [4.69, 9.17) is 0 Å². The lowest BCUT2D eigenvalue weighted by molar-refractivity contribution is 0.154. The van der Waals surface area contributed by atoms with E-state index in [0.717, 1.165) is 13.1 Å². The molecule has 1 N–H and O–H groups in total. The van der Waals surface area contributed by atoms with Gasteiger partial charge in [-0.05, 0) is 48.9 Å². The first-order valence-electron chi connectivity index (χ1n) is 6.23. The van der Waals surface area contributed by atoms with Gasteiger partial charge < -0.3 is 10.2 Å². The Hall–Kier alpha value is 0.1000. The zero-order chi connectivity index (χ0) is 12.3. The lowest BCUT2D eigenvalue weighted by atomic mass is 9.96. The Labute approximate surface area is 117 Å². The van der Waals surface area contributed by atoms with Gasteiger partial charge in [-0.15, -0.1) is 11.3 Å². The highest BCUT2D eigenvalue weighted by Gasteiger charge is 2.35. The van der Waals surface area contributed by atoms with Crippen LogP contribution in [-0.2, 0) is 6.54 Å². The maximum Gasteiger partial charge on any atom is 0.0328 e. The van der Waals surface area contributed by atoms with E-state index in [2.05, 4.69) is 51.7 Å². The minimum atomic E-state index is 0.397. The molecule has 0 saturated heterocycles. The normalized spacial score (nSPS) is 19.1. The highest BCUT2D eigenvalue weighted by Crippen LogP contribution is 2.33. The molecular weight excluding hydrogens is 296 g/mol. The van der Waals surface area contributed by atoms with Crippen molar-refractivity contribution in [3.8, 4) is 0 Å². The second-order valence-electron chi connectivity index (χ2n) is 5.16. The zero-order valence-corrected chi connectivity index (χ0v) is 13.0. The van der Waals surface area contributed by atoms with Gasteiger partial charge in [0.25, 0.3) is 0 Å². The molecule has 0 amide bonds. The number of thiophene rings is 1. The first kappa shape index (κ1) is 13.5. The summed E-state index contributed by atoms with van der Waals surface area (Å²) in [4.78, 5) is 3.82. The largest absolute Gasteiger partial charge is 0.310 e. The van der Waals surface area contributed by atoms with E-state index in [9.17, 15) is 0 Å². The topological polar surface area (TPSA) is 15.3 Å². The van der Waals surface area contributed by atoms with E-state index < -0.39 is 0 Å². The molecule has 4 heteroatoms. The van der Waals surface area contributed by atoms with Crippen molar-refractivity contribution < 1.29 is 0 Å². The molecule has 1 heterocycles. The van der Waals surface area contributed by atoms with Crippen LogP contribution < -0.4 is 5.32 Å². The van der Waals surface area contributed by atoms with Crippen LogP contribution in [0.2, 0.25) is 0 Å². The molecule has 17 heavy (non-hydrogen) atoms. The van der Waals surface area contributed by atoms with Gasteiger partial charge in [0.15, 0.2) is 0 Å². The third kappa shape index (κ3) is 3.31. The molecule has 0 bridgehead atoms. The van der Waals surface area contributed by atoms with Crippen LogP contribution in [0.15, 0.2) is 15.9 Å². The molecule has 0 aromatic carbocycles. The molecule has 0 atom stereocenters. The summed E-state index contributed by atoms with van der Waals surface area (Å²) in [5, 5.41) is 5.77. The Morgan fingerprint density at radius 1 is 1.41 bits per heavy atom. The van der Waals surface area contributed by atoms with Crippen molar-refractivity contribution in [3.05, 3.63) is 20.8 Å². The van der Waals surface area contributed by atoms with Crippen molar-refractivity contribution in [1.82, 2.24) is 10.2 Å². The molecule has 1 aliphatic rings. The average molecular weight is 317 g/mol. The minimum absolute atomic E-state index is 0.397. The van der Waals surface area contributed by atoms with E-state index in [1.165, 1.54) is 35.0 Å². The summed E-state index contributed by atoms with van der Waals surface area (Å²) in [6.45, 7) is 2.10. The number of rotatable bonds is 5. The predicted octanol–water partition coefficient (Wildman–Crippen LogP) is 3.47. The number of nitrogens with one attached hydrogen (secondary N) is 1. The number of halogens is 1. The molecule has 1 saturated carbocycles. The third-order valence-electron chi connectivity index (χ3n) is 3.86. The van der Waals surface area contributed by atoms with Crippen molar-refractivity contribution in [3.63, 3.8) is 0 Å². The van der Waals surface area contributed by atoms with Crippen LogP contribution in [-0.4, -0.2) is 31.1 Å². The van der Waals surface area contributed by atoms with E-state index >= 15 is 0 Å². The van der Waals surface area contributed by atoms with E-state index in [0.29, 0.717) is 5.54 Å². The summed E-state index contributed by atoms with van der Waals surface area (Å²) >= 11 is 5.31. The molecule has 0 spiro atoms. The summed E-state index contributed by atoms with van der Waals surface area (Å²) in [7, 11) is 4.43. The highest BCUT2D eigenvalue weighted by atomic mass is 79.9. The molecule has 1 fully saturated rings. The molecule has 0 aliphatic heterocycles. The fraction of sp³-hybridized carbons (Fsp3) is 0.692. The maximum absolute atomic E-state index is 3.63. The van der Waals surface area contributed by atoms with Crippen LogP contribution in [0.5, 0.6) is 0 Å². The van der Waals surface area contributed by atoms with Gasteiger partial charge in [-0.1, -0.05) is 12.8 Å². The van der Waals surface area contributed by atoms with Crippen molar-refractivity contribution in [2.75, 3.05) is 20.6 Å². The monoisotopic (exact) mass is 316 g/mol. The van der Waals surface area contributed by atoms with Gasteiger partial charge in [0.2, 0.25) is 0 Å². The Balaban J connectivity index is 1.84. The SMILES string of the molecule is CN(C)C1(CNCc2cc(Br)cs2)CCCC1. The second kappa shape index (κ2) is 5.83. The van der Waals surface area contributed by atoms with Gasteiger partial charge in [0, 0.05) is 33.4 Å². The van der Waals surface area contributed by atoms with Crippen molar-refractivity contribution in [2.45, 2.75) is 37.8 Å². The third-order valence-corrected chi connectivity index (χ3v) is 5.56. The quantitative estimate of drug-likeness (QED) is 0.894. The molecule has 2 rings (SSSR count). The fourth-order valence-electron chi connectivity index (χ4n) is 2.68. The zero-order valence-electron chi connectivity index (χ0n) is 10.6. The van der Waals surface area contributed by atoms with Gasteiger partial charge in [-0.2, -0.15) is 0 Å². The standard InChI is InChI=1S/C13H21BrN2S/c1-16(2)13(5-3-4-6-13)10-15-8-12-7-11(14)9-17-12/h7,9,15H,3-6,8,10H2,1-2H3. The molecule has 96 valence electrons. The molecule has 0 unspecified atom stereocenters. The van der Waals surface area contributed by atoms with Crippen molar-refractivity contribution in [1.29, 1.82) is 0 Å². The first-order chi connectivity index (χ1) is 8.12. The summed E-state index contributed by atoms with van der Waals surface area (Å²) in [6, 6.07) is 2.20. The first-order valence-corrected chi connectivity index (χ1v) is 7.91. The predicted molar refractivity (Wildman–Crippen MR) is 78.6 cm³/mol. The smallest absolute Gasteiger partial charge is 0.0328 e. The molecule has 1 aromatic heterocycles. The Morgan fingerprint density at radius 2 is 2.12 bits per heavy atom. The lowest BCUT2D eigenvalue weighted by Crippen LogP contribution is -2.49. The molecule has 2 nitrogen and oxygen atoms in total. The number of hydrogen-bond donors (Lipinski definition) is 1. The van der Waals surface area contributed by atoms with Gasteiger partial charge >= 0.3 is 0 Å². The van der Waals surface area contributed by atoms with Crippen molar-refractivity contribution in [2.24, 2.45) is 0 Å². The summed E-state index contributed by atoms with van der Waals surface area (Å²) in [5.41, 5.74) is 0.397. The Kier molecular flexibility index (Phi) is 4.64. The number of likely N-dealkylation sites (N-methyl/N-ethyl adjacent to an activating group) is 1. The van der Waals surface area contributed by atoms with Crippen LogP contribution in [0, 0.1) is 0 Å². The van der Waals surface area contributed by atoms with Gasteiger partial charge in [0.05, 0.1) is 0 Å². The van der Waals surface area contributed by atoms with Crippen LogP contribution >= 0.6 is 27.3 Å². The van der Waals surface area contributed by atoms with E-state index in [-0.39, 0.29) is 0 Å². The fourth-order valence-corrected chi connectivity index (χ4v) is 4.10. The highest BCUT2D eigenvalue weighted by molar-refractivity contribution is 9.10. The molecule has 0 radical (unpaired) electrons. The van der Waals surface area contributed by atoms with E-state index in [1.807, 2.05) is 11.3 Å². The van der Waals surface area contributed by atoms with Crippen LogP contribution in [0.25, 0.3) is 0 Å². The molecule has 1 aliphatic carbocycles. The Bertz CT molecular complexity index is 356. The Morgan fingerprint density at radius 3 is 2.65 bits per heavy atom. The summed E-state index contributed by atoms with van der Waals surface area (Å²) in [6.07, 6.45) is 5.43. The van der Waals surface area contributed by atoms with Gasteiger partial charge in [-0.3, -0.25) is 0 Å².